The fourth-order valence-electron chi connectivity index (χ4n) is 2.99. The smallest absolute Gasteiger partial charge is 0.258 e. The summed E-state index contributed by atoms with van der Waals surface area (Å²) in [5, 5.41) is 22.3. The normalized spacial score (nSPS) is 11.3. The van der Waals surface area contributed by atoms with Crippen molar-refractivity contribution in [3.63, 3.8) is 0 Å². The second-order valence-corrected chi connectivity index (χ2v) is 7.33. The minimum atomic E-state index is -0.638. The summed E-state index contributed by atoms with van der Waals surface area (Å²) in [5.41, 5.74) is 2.77. The summed E-state index contributed by atoms with van der Waals surface area (Å²) in [5.74, 6) is -1.22. The lowest BCUT2D eigenvalue weighted by Crippen LogP contribution is -2.16. The van der Waals surface area contributed by atoms with Crippen LogP contribution in [0.5, 0.6) is 0 Å². The van der Waals surface area contributed by atoms with Crippen molar-refractivity contribution < 1.29 is 9.18 Å². The molecule has 0 aliphatic carbocycles. The average Bonchev–Trinajstić information content (AvgIpc) is 3.22. The molecule has 4 aromatic rings. The second kappa shape index (κ2) is 7.37. The van der Waals surface area contributed by atoms with Crippen LogP contribution in [0.1, 0.15) is 29.8 Å². The van der Waals surface area contributed by atoms with Gasteiger partial charge < -0.3 is 5.32 Å². The molecule has 0 aliphatic heterocycles. The first kappa shape index (κ1) is 19.2. The van der Waals surface area contributed by atoms with E-state index in [-0.39, 0.29) is 5.56 Å². The Labute approximate surface area is 171 Å². The molecule has 0 spiro atoms. The molecule has 2 aromatic carbocycles. The maximum atomic E-state index is 14.4. The average molecular weight is 400 g/mol. The van der Waals surface area contributed by atoms with Crippen molar-refractivity contribution in [2.24, 2.45) is 0 Å². The third-order valence-electron chi connectivity index (χ3n) is 4.83. The van der Waals surface area contributed by atoms with Gasteiger partial charge in [0, 0.05) is 11.3 Å². The first-order chi connectivity index (χ1) is 14.4. The van der Waals surface area contributed by atoms with Crippen molar-refractivity contribution >= 4 is 22.8 Å². The fourth-order valence-corrected chi connectivity index (χ4v) is 2.99. The van der Waals surface area contributed by atoms with Gasteiger partial charge >= 0.3 is 0 Å². The number of amides is 1. The zero-order valence-corrected chi connectivity index (χ0v) is 16.3. The molecule has 2 aromatic heterocycles. The van der Waals surface area contributed by atoms with Gasteiger partial charge in [-0.25, -0.2) is 9.37 Å². The van der Waals surface area contributed by atoms with Crippen LogP contribution in [-0.2, 0) is 5.41 Å². The van der Waals surface area contributed by atoms with Gasteiger partial charge in [0.25, 0.3) is 5.91 Å². The summed E-state index contributed by atoms with van der Waals surface area (Å²) in [4.78, 5) is 17.1. The Bertz CT molecular complexity index is 1290. The maximum absolute atomic E-state index is 14.4. The first-order valence-corrected chi connectivity index (χ1v) is 9.18. The van der Waals surface area contributed by atoms with Crippen LogP contribution in [0.15, 0.2) is 54.6 Å². The predicted molar refractivity (Wildman–Crippen MR) is 110 cm³/mol. The van der Waals surface area contributed by atoms with E-state index in [2.05, 4.69) is 31.8 Å². The number of nitriles is 1. The molecule has 0 aliphatic rings. The van der Waals surface area contributed by atoms with Crippen LogP contribution in [-0.4, -0.2) is 26.3 Å². The number of rotatable bonds is 4. The third-order valence-corrected chi connectivity index (χ3v) is 4.83. The minimum Gasteiger partial charge on any atom is -0.322 e. The van der Waals surface area contributed by atoms with Crippen molar-refractivity contribution in [1.82, 2.24) is 20.4 Å². The molecule has 0 bridgehead atoms. The summed E-state index contributed by atoms with van der Waals surface area (Å²) in [6, 6.07) is 16.9. The van der Waals surface area contributed by atoms with Crippen LogP contribution in [0.4, 0.5) is 10.1 Å². The zero-order valence-electron chi connectivity index (χ0n) is 16.3. The molecule has 4 rings (SSSR count). The van der Waals surface area contributed by atoms with Gasteiger partial charge in [-0.05, 0) is 61.9 Å². The molecule has 1 amide bonds. The van der Waals surface area contributed by atoms with Crippen LogP contribution in [0.25, 0.3) is 22.4 Å². The van der Waals surface area contributed by atoms with Gasteiger partial charge in [0.05, 0.1) is 22.7 Å². The van der Waals surface area contributed by atoms with Crippen LogP contribution in [0.3, 0.4) is 0 Å². The summed E-state index contributed by atoms with van der Waals surface area (Å²) in [7, 11) is 0. The summed E-state index contributed by atoms with van der Waals surface area (Å²) >= 11 is 0. The maximum Gasteiger partial charge on any atom is 0.258 e. The molecular formula is C22H17FN6O. The van der Waals surface area contributed by atoms with Crippen molar-refractivity contribution in [3.8, 4) is 17.3 Å². The number of nitrogens with zero attached hydrogens (tertiary/aromatic N) is 4. The SMILES string of the molecule is CC(C)(C#N)c1ccc(NC(=O)c2cc(-c3ccc4n[nH]nc4n3)ccc2F)cc1. The molecule has 30 heavy (non-hydrogen) atoms. The van der Waals surface area contributed by atoms with E-state index in [1.807, 2.05) is 13.8 Å². The van der Waals surface area contributed by atoms with E-state index in [1.54, 1.807) is 42.5 Å². The van der Waals surface area contributed by atoms with Crippen molar-refractivity contribution in [2.75, 3.05) is 5.32 Å². The highest BCUT2D eigenvalue weighted by Gasteiger charge is 2.20. The monoisotopic (exact) mass is 400 g/mol. The van der Waals surface area contributed by atoms with Crippen molar-refractivity contribution in [3.05, 3.63) is 71.5 Å². The van der Waals surface area contributed by atoms with Crippen LogP contribution in [0.2, 0.25) is 0 Å². The van der Waals surface area contributed by atoms with Gasteiger partial charge in [-0.15, -0.1) is 5.10 Å². The van der Waals surface area contributed by atoms with E-state index < -0.39 is 17.1 Å². The van der Waals surface area contributed by atoms with E-state index in [0.717, 1.165) is 5.56 Å². The van der Waals surface area contributed by atoms with E-state index in [1.165, 1.54) is 12.1 Å². The number of benzene rings is 2. The molecule has 0 atom stereocenters. The van der Waals surface area contributed by atoms with Gasteiger partial charge in [0.15, 0.2) is 0 Å². The topological polar surface area (TPSA) is 107 Å². The molecule has 8 heteroatoms. The lowest BCUT2D eigenvalue weighted by atomic mass is 9.86. The van der Waals surface area contributed by atoms with Crippen LogP contribution >= 0.6 is 0 Å². The number of aromatic amines is 1. The number of carbonyl (C=O) groups is 1. The van der Waals surface area contributed by atoms with E-state index in [4.69, 9.17) is 0 Å². The van der Waals surface area contributed by atoms with E-state index >= 15 is 0 Å². The number of pyridine rings is 1. The molecule has 148 valence electrons. The van der Waals surface area contributed by atoms with Gasteiger partial charge in [0.1, 0.15) is 11.3 Å². The molecular weight excluding hydrogens is 383 g/mol. The largest absolute Gasteiger partial charge is 0.322 e. The summed E-state index contributed by atoms with van der Waals surface area (Å²) < 4.78 is 14.4. The molecule has 0 saturated carbocycles. The van der Waals surface area contributed by atoms with Crippen molar-refractivity contribution in [2.45, 2.75) is 19.3 Å². The van der Waals surface area contributed by atoms with Crippen LogP contribution in [0, 0.1) is 17.1 Å². The predicted octanol–water partition coefficient (Wildman–Crippen LogP) is 4.21. The summed E-state index contributed by atoms with van der Waals surface area (Å²) in [6.07, 6.45) is 0. The third kappa shape index (κ3) is 3.61. The number of halogens is 1. The number of carbonyl (C=O) groups excluding carboxylic acids is 1. The quantitative estimate of drug-likeness (QED) is 0.533. The highest BCUT2D eigenvalue weighted by atomic mass is 19.1. The number of nitrogens with one attached hydrogen (secondary N) is 2. The van der Waals surface area contributed by atoms with Gasteiger partial charge in [-0.1, -0.05) is 12.1 Å². The van der Waals surface area contributed by atoms with Crippen molar-refractivity contribution in [1.29, 1.82) is 5.26 Å². The molecule has 0 fully saturated rings. The second-order valence-electron chi connectivity index (χ2n) is 7.33. The Balaban J connectivity index is 1.60. The standard InChI is InChI=1S/C22H17FN6O/c1-22(2,12-24)14-4-6-15(7-5-14)25-21(30)16-11-13(3-8-17(16)23)18-9-10-19-20(26-18)28-29-27-19/h3-11H,1-2H3,(H,25,30)(H,26,27,28,29). The van der Waals surface area contributed by atoms with E-state index in [0.29, 0.717) is 28.1 Å². The summed E-state index contributed by atoms with van der Waals surface area (Å²) in [6.45, 7) is 3.62. The molecule has 2 N–H and O–H groups in total. The fraction of sp³-hybridized carbons (Fsp3) is 0.136. The Morgan fingerprint density at radius 1 is 1.10 bits per heavy atom. The number of hydrogen-bond acceptors (Lipinski definition) is 5. The lowest BCUT2D eigenvalue weighted by Gasteiger charge is -2.16. The zero-order chi connectivity index (χ0) is 21.3. The lowest BCUT2D eigenvalue weighted by molar-refractivity contribution is 0.102. The highest BCUT2D eigenvalue weighted by molar-refractivity contribution is 6.05. The Kier molecular flexibility index (Phi) is 4.72. The van der Waals surface area contributed by atoms with Gasteiger partial charge in [-0.2, -0.15) is 15.6 Å². The minimum absolute atomic E-state index is 0.101. The highest BCUT2D eigenvalue weighted by Crippen LogP contribution is 2.25. The molecule has 0 unspecified atom stereocenters. The number of aromatic nitrogens is 4. The molecule has 0 saturated heterocycles. The molecule has 2 heterocycles. The van der Waals surface area contributed by atoms with E-state index in [9.17, 15) is 14.4 Å². The number of fused-ring (bicyclic) bond motifs is 1. The molecule has 0 radical (unpaired) electrons. The Morgan fingerprint density at radius 2 is 1.87 bits per heavy atom. The number of H-pyrrole nitrogens is 1. The Hall–Kier alpha value is -4.12. The van der Waals surface area contributed by atoms with Gasteiger partial charge in [0.2, 0.25) is 5.65 Å². The number of hydrogen-bond donors (Lipinski definition) is 2. The first-order valence-electron chi connectivity index (χ1n) is 9.18. The molecule has 7 nitrogen and oxygen atoms in total. The van der Waals surface area contributed by atoms with Gasteiger partial charge in [-0.3, -0.25) is 4.79 Å². The van der Waals surface area contributed by atoms with Crippen LogP contribution < -0.4 is 5.32 Å². The number of anilines is 1. The Morgan fingerprint density at radius 3 is 2.60 bits per heavy atom.